The Bertz CT molecular complexity index is 494. The molecule has 2 rings (SSSR count). The smallest absolute Gasteiger partial charge is 0.268 e. The van der Waals surface area contributed by atoms with Gasteiger partial charge in [-0.1, -0.05) is 6.92 Å². The summed E-state index contributed by atoms with van der Waals surface area (Å²) in [4.78, 5) is 18.5. The Balaban J connectivity index is 2.30. The van der Waals surface area contributed by atoms with Crippen molar-refractivity contribution < 1.29 is 0 Å². The van der Waals surface area contributed by atoms with Crippen molar-refractivity contribution in [1.82, 2.24) is 9.97 Å². The van der Waals surface area contributed by atoms with Crippen molar-refractivity contribution in [2.75, 3.05) is 11.5 Å². The molecule has 2 atom stereocenters. The van der Waals surface area contributed by atoms with Gasteiger partial charge in [0.15, 0.2) is 0 Å². The Hall–Kier alpha value is -0.930. The van der Waals surface area contributed by atoms with Gasteiger partial charge in [-0.15, -0.1) is 11.8 Å². The van der Waals surface area contributed by atoms with E-state index in [1.807, 2.05) is 29.6 Å². The summed E-state index contributed by atoms with van der Waals surface area (Å²) in [6, 6.07) is 1.83. The molecule has 4 nitrogen and oxygen atoms in total. The monoisotopic (exact) mass is 267 g/mol. The molecule has 0 radical (unpaired) electrons. The van der Waals surface area contributed by atoms with Crippen LogP contribution in [-0.2, 0) is 0 Å². The van der Waals surface area contributed by atoms with Crippen LogP contribution in [0.2, 0.25) is 0 Å². The normalized spacial score (nSPS) is 24.2. The Kier molecular flexibility index (Phi) is 4.13. The first kappa shape index (κ1) is 12.5. The number of nitrogens with zero attached hydrogens (tertiary/aromatic N) is 2. The fraction of sp³-hybridized carbons (Fsp3) is 0.545. The van der Waals surface area contributed by atoms with Crippen molar-refractivity contribution in [3.05, 3.63) is 27.9 Å². The summed E-state index contributed by atoms with van der Waals surface area (Å²) >= 11 is 3.77. The zero-order valence-corrected chi connectivity index (χ0v) is 11.1. The summed E-state index contributed by atoms with van der Waals surface area (Å²) in [6.07, 6.45) is 2.44. The molecule has 1 fully saturated rings. The molecule has 1 N–H and O–H groups in total. The van der Waals surface area contributed by atoms with Gasteiger partial charge in [-0.05, 0) is 6.42 Å². The summed E-state index contributed by atoms with van der Waals surface area (Å²) in [7, 11) is 0. The number of rotatable bonds is 2. The predicted molar refractivity (Wildman–Crippen MR) is 71.3 cm³/mol. The Morgan fingerprint density at radius 2 is 2.35 bits per heavy atom. The molecular formula is C11H13N3OS2. The lowest BCUT2D eigenvalue weighted by molar-refractivity contribution is 0.744. The molecule has 1 aliphatic rings. The van der Waals surface area contributed by atoms with Gasteiger partial charge in [0.25, 0.3) is 5.56 Å². The van der Waals surface area contributed by atoms with E-state index < -0.39 is 0 Å². The average Bonchev–Trinajstić information content (AvgIpc) is 2.38. The lowest BCUT2D eigenvalue weighted by Gasteiger charge is -2.28. The number of hydrogen-bond acceptors (Lipinski definition) is 5. The van der Waals surface area contributed by atoms with Crippen molar-refractivity contribution in [2.45, 2.75) is 23.8 Å². The molecule has 0 bridgehead atoms. The molecule has 2 unspecified atom stereocenters. The number of aromatic nitrogens is 2. The molecule has 90 valence electrons. The van der Waals surface area contributed by atoms with E-state index in [2.05, 4.69) is 16.9 Å². The van der Waals surface area contributed by atoms with E-state index >= 15 is 0 Å². The van der Waals surface area contributed by atoms with E-state index in [1.54, 1.807) is 0 Å². The van der Waals surface area contributed by atoms with Gasteiger partial charge in [-0.25, -0.2) is 4.98 Å². The van der Waals surface area contributed by atoms with Gasteiger partial charge in [0.2, 0.25) is 0 Å². The highest BCUT2D eigenvalue weighted by Crippen LogP contribution is 2.42. The lowest BCUT2D eigenvalue weighted by atomic mass is 10.2. The number of H-pyrrole nitrogens is 1. The van der Waals surface area contributed by atoms with E-state index in [0.29, 0.717) is 11.1 Å². The third kappa shape index (κ3) is 2.67. The molecule has 0 amide bonds. The third-order valence-electron chi connectivity index (χ3n) is 2.66. The number of thioether (sulfide) groups is 2. The molecule has 0 aliphatic carbocycles. The molecule has 2 heterocycles. The number of nitrogens with one attached hydrogen (secondary N) is 1. The van der Waals surface area contributed by atoms with E-state index in [9.17, 15) is 4.79 Å². The van der Waals surface area contributed by atoms with Crippen LogP contribution >= 0.6 is 23.5 Å². The van der Waals surface area contributed by atoms with Gasteiger partial charge < -0.3 is 4.98 Å². The van der Waals surface area contributed by atoms with Crippen LogP contribution in [0, 0.1) is 11.3 Å². The summed E-state index contributed by atoms with van der Waals surface area (Å²) in [5, 5.41) is 9.42. The summed E-state index contributed by atoms with van der Waals surface area (Å²) in [6.45, 7) is 2.15. The van der Waals surface area contributed by atoms with Crippen molar-refractivity contribution >= 4 is 23.5 Å². The van der Waals surface area contributed by atoms with E-state index in [-0.39, 0.29) is 16.4 Å². The zero-order chi connectivity index (χ0) is 12.3. The fourth-order valence-corrected chi connectivity index (χ4v) is 4.81. The Labute approximate surface area is 108 Å². The topological polar surface area (TPSA) is 69.5 Å². The minimum atomic E-state index is -0.330. The predicted octanol–water partition coefficient (Wildman–Crippen LogP) is 1.94. The summed E-state index contributed by atoms with van der Waals surface area (Å²) in [5.41, 5.74) is -0.251. The largest absolute Gasteiger partial charge is 0.308 e. The second kappa shape index (κ2) is 5.61. The molecule has 0 saturated carbocycles. The van der Waals surface area contributed by atoms with Crippen LogP contribution in [0.5, 0.6) is 0 Å². The van der Waals surface area contributed by atoms with Gasteiger partial charge in [0, 0.05) is 16.8 Å². The molecule has 6 heteroatoms. The van der Waals surface area contributed by atoms with Gasteiger partial charge >= 0.3 is 0 Å². The maximum atomic E-state index is 11.6. The van der Waals surface area contributed by atoms with Crippen molar-refractivity contribution in [3.8, 4) is 6.07 Å². The molecule has 17 heavy (non-hydrogen) atoms. The van der Waals surface area contributed by atoms with E-state index in [4.69, 9.17) is 5.26 Å². The minimum Gasteiger partial charge on any atom is -0.308 e. The molecule has 1 saturated heterocycles. The van der Waals surface area contributed by atoms with Crippen LogP contribution in [0.4, 0.5) is 0 Å². The van der Waals surface area contributed by atoms with Crippen LogP contribution in [0.1, 0.15) is 30.0 Å². The summed E-state index contributed by atoms with van der Waals surface area (Å²) < 4.78 is 0. The molecule has 1 aromatic rings. The highest BCUT2D eigenvalue weighted by molar-refractivity contribution is 8.06. The first-order valence-corrected chi connectivity index (χ1v) is 7.58. The molecule has 1 aliphatic heterocycles. The quantitative estimate of drug-likeness (QED) is 0.886. The third-order valence-corrected chi connectivity index (χ3v) is 5.92. The summed E-state index contributed by atoms with van der Waals surface area (Å²) in [5.74, 6) is 2.94. The molecule has 0 aromatic carbocycles. The second-order valence-corrected chi connectivity index (χ2v) is 6.33. The van der Waals surface area contributed by atoms with E-state index in [0.717, 1.165) is 17.9 Å². The lowest BCUT2D eigenvalue weighted by Crippen LogP contribution is -2.24. The fourth-order valence-electron chi connectivity index (χ4n) is 1.79. The maximum Gasteiger partial charge on any atom is 0.268 e. The van der Waals surface area contributed by atoms with Gasteiger partial charge in [-0.3, -0.25) is 4.79 Å². The zero-order valence-electron chi connectivity index (χ0n) is 9.47. The van der Waals surface area contributed by atoms with Crippen LogP contribution in [-0.4, -0.2) is 26.7 Å². The van der Waals surface area contributed by atoms with Crippen molar-refractivity contribution in [1.29, 1.82) is 5.26 Å². The Morgan fingerprint density at radius 1 is 1.59 bits per heavy atom. The van der Waals surface area contributed by atoms with Gasteiger partial charge in [0.05, 0.1) is 11.4 Å². The molecular weight excluding hydrogens is 254 g/mol. The maximum absolute atomic E-state index is 11.6. The van der Waals surface area contributed by atoms with Gasteiger partial charge in [0.1, 0.15) is 17.5 Å². The second-order valence-electron chi connectivity index (χ2n) is 3.73. The number of aromatic amines is 1. The first-order valence-electron chi connectivity index (χ1n) is 5.48. The van der Waals surface area contributed by atoms with Crippen LogP contribution in [0.3, 0.4) is 0 Å². The van der Waals surface area contributed by atoms with Gasteiger partial charge in [-0.2, -0.15) is 17.0 Å². The SMILES string of the molecule is CCC1SCCSC1c1ncc(C#N)c(=O)[nH]1. The van der Waals surface area contributed by atoms with Crippen LogP contribution < -0.4 is 5.56 Å². The average molecular weight is 267 g/mol. The number of hydrogen-bond donors (Lipinski definition) is 1. The molecule has 1 aromatic heterocycles. The van der Waals surface area contributed by atoms with E-state index in [1.165, 1.54) is 6.20 Å². The van der Waals surface area contributed by atoms with Crippen molar-refractivity contribution in [2.24, 2.45) is 0 Å². The first-order chi connectivity index (χ1) is 8.26. The minimum absolute atomic E-state index is 0.0789. The molecule has 0 spiro atoms. The highest BCUT2D eigenvalue weighted by Gasteiger charge is 2.28. The Morgan fingerprint density at radius 3 is 3.00 bits per heavy atom. The van der Waals surface area contributed by atoms with Crippen LogP contribution in [0.15, 0.2) is 11.0 Å². The highest BCUT2D eigenvalue weighted by atomic mass is 32.2. The van der Waals surface area contributed by atoms with Crippen LogP contribution in [0.25, 0.3) is 0 Å². The standard InChI is InChI=1S/C11H13N3OS2/c1-2-8-9(17-4-3-16-8)10-13-6-7(5-12)11(15)14-10/h6,8-9H,2-4H2,1H3,(H,13,14,15). The van der Waals surface area contributed by atoms with Crippen molar-refractivity contribution in [3.63, 3.8) is 0 Å². The number of nitriles is 1.